The van der Waals surface area contributed by atoms with Crippen molar-refractivity contribution in [3.63, 3.8) is 0 Å². The third-order valence-electron chi connectivity index (χ3n) is 3.12. The van der Waals surface area contributed by atoms with E-state index in [-0.39, 0.29) is 6.09 Å². The minimum Gasteiger partial charge on any atom is -0.445 e. The van der Waals surface area contributed by atoms with Crippen LogP contribution in [0.2, 0.25) is 0 Å². The predicted octanol–water partition coefficient (Wildman–Crippen LogP) is 2.66. The van der Waals surface area contributed by atoms with Crippen molar-refractivity contribution >= 4 is 6.09 Å². The number of aliphatic hydroxyl groups is 1. The van der Waals surface area contributed by atoms with E-state index in [4.69, 9.17) is 9.84 Å². The molecule has 0 bridgehead atoms. The van der Waals surface area contributed by atoms with Gasteiger partial charge in [-0.3, -0.25) is 0 Å². The molecule has 4 heteroatoms. The van der Waals surface area contributed by atoms with E-state index in [1.807, 2.05) is 35.2 Å². The van der Waals surface area contributed by atoms with Crippen molar-refractivity contribution in [2.45, 2.75) is 26.4 Å². The summed E-state index contributed by atoms with van der Waals surface area (Å²) in [5.41, 5.74) is 1.03. The highest BCUT2D eigenvalue weighted by atomic mass is 16.6. The van der Waals surface area contributed by atoms with Crippen molar-refractivity contribution in [2.75, 3.05) is 20.2 Å². The number of nitrogens with zero attached hydrogens (tertiary/aromatic N) is 1. The summed E-state index contributed by atoms with van der Waals surface area (Å²) < 4.78 is 5.30. The van der Waals surface area contributed by atoms with Gasteiger partial charge < -0.3 is 14.7 Å². The molecule has 2 rings (SSSR count). The topological polar surface area (TPSA) is 49.8 Å². The number of hydrogen-bond acceptors (Lipinski definition) is 3. The van der Waals surface area contributed by atoms with E-state index in [9.17, 15) is 4.79 Å². The molecule has 1 aliphatic heterocycles. The van der Waals surface area contributed by atoms with Crippen molar-refractivity contribution in [2.24, 2.45) is 5.92 Å². The molecule has 0 aromatic heterocycles. The van der Waals surface area contributed by atoms with Crippen LogP contribution in [0.4, 0.5) is 4.79 Å². The second-order valence-electron chi connectivity index (χ2n) is 4.73. The monoisotopic (exact) mass is 265 g/mol. The Bertz CT molecular complexity index is 367. The van der Waals surface area contributed by atoms with Gasteiger partial charge >= 0.3 is 6.09 Å². The number of hydrogen-bond donors (Lipinski definition) is 1. The Morgan fingerprint density at radius 2 is 2.05 bits per heavy atom. The molecule has 1 aromatic carbocycles. The summed E-state index contributed by atoms with van der Waals surface area (Å²) in [7, 11) is 1.00. The molecule has 1 heterocycles. The van der Waals surface area contributed by atoms with Gasteiger partial charge in [-0.1, -0.05) is 37.3 Å². The first-order valence-corrected chi connectivity index (χ1v) is 6.66. The Morgan fingerprint density at radius 3 is 2.68 bits per heavy atom. The summed E-state index contributed by atoms with van der Waals surface area (Å²) in [5.74, 6) is 0.591. The molecule has 1 atom stereocenters. The first-order chi connectivity index (χ1) is 9.25. The Hall–Kier alpha value is -1.55. The van der Waals surface area contributed by atoms with Crippen molar-refractivity contribution in [3.05, 3.63) is 35.9 Å². The Labute approximate surface area is 115 Å². The number of amides is 1. The lowest BCUT2D eigenvalue weighted by Gasteiger charge is -2.30. The zero-order chi connectivity index (χ0) is 14.1. The molecule has 1 saturated heterocycles. The first kappa shape index (κ1) is 15.5. The molecule has 1 unspecified atom stereocenters. The highest BCUT2D eigenvalue weighted by Gasteiger charge is 2.21. The van der Waals surface area contributed by atoms with E-state index < -0.39 is 0 Å². The molecular weight excluding hydrogens is 242 g/mol. The summed E-state index contributed by atoms with van der Waals surface area (Å²) in [6, 6.07) is 9.79. The van der Waals surface area contributed by atoms with Crippen LogP contribution in [0, 0.1) is 5.92 Å². The third kappa shape index (κ3) is 5.30. The fourth-order valence-corrected chi connectivity index (χ4v) is 2.17. The van der Waals surface area contributed by atoms with Crippen LogP contribution in [0.25, 0.3) is 0 Å². The number of carbonyl (C=O) groups is 1. The van der Waals surface area contributed by atoms with Gasteiger partial charge in [-0.05, 0) is 24.3 Å². The van der Waals surface area contributed by atoms with Gasteiger partial charge in [0.1, 0.15) is 6.61 Å². The van der Waals surface area contributed by atoms with E-state index in [0.29, 0.717) is 12.5 Å². The lowest BCUT2D eigenvalue weighted by atomic mass is 10.0. The molecule has 4 nitrogen and oxygen atoms in total. The molecule has 0 spiro atoms. The second-order valence-corrected chi connectivity index (χ2v) is 4.73. The van der Waals surface area contributed by atoms with Crippen molar-refractivity contribution in [3.8, 4) is 0 Å². The van der Waals surface area contributed by atoms with Crippen LogP contribution < -0.4 is 0 Å². The first-order valence-electron chi connectivity index (χ1n) is 6.66. The summed E-state index contributed by atoms with van der Waals surface area (Å²) >= 11 is 0. The summed E-state index contributed by atoms with van der Waals surface area (Å²) in [6.45, 7) is 4.20. The van der Waals surface area contributed by atoms with Crippen LogP contribution in [-0.4, -0.2) is 36.3 Å². The maximum absolute atomic E-state index is 11.8. The van der Waals surface area contributed by atoms with Gasteiger partial charge in [0.05, 0.1) is 0 Å². The lowest BCUT2D eigenvalue weighted by Crippen LogP contribution is -2.39. The second kappa shape index (κ2) is 8.53. The number of rotatable bonds is 2. The molecule has 19 heavy (non-hydrogen) atoms. The molecule has 0 saturated carbocycles. The Kier molecular flexibility index (Phi) is 6.97. The van der Waals surface area contributed by atoms with Gasteiger partial charge in [0.25, 0.3) is 0 Å². The number of aliphatic hydroxyl groups excluding tert-OH is 1. The zero-order valence-corrected chi connectivity index (χ0v) is 11.7. The van der Waals surface area contributed by atoms with Crippen LogP contribution in [0.1, 0.15) is 25.3 Å². The van der Waals surface area contributed by atoms with E-state index >= 15 is 0 Å². The molecule has 106 valence electrons. The summed E-state index contributed by atoms with van der Waals surface area (Å²) in [4.78, 5) is 13.6. The molecule has 1 N–H and O–H groups in total. The predicted molar refractivity (Wildman–Crippen MR) is 74.7 cm³/mol. The number of likely N-dealkylation sites (tertiary alicyclic amines) is 1. The van der Waals surface area contributed by atoms with Crippen molar-refractivity contribution in [1.82, 2.24) is 4.90 Å². The normalized spacial score (nSPS) is 18.3. The smallest absolute Gasteiger partial charge is 0.410 e. The average Bonchev–Trinajstić information content (AvgIpc) is 2.48. The molecule has 1 fully saturated rings. The number of ether oxygens (including phenoxy) is 1. The number of piperidine rings is 1. The maximum Gasteiger partial charge on any atom is 0.410 e. The van der Waals surface area contributed by atoms with Gasteiger partial charge in [0.2, 0.25) is 0 Å². The molecular formula is C15H23NO3. The van der Waals surface area contributed by atoms with E-state index in [1.165, 1.54) is 6.42 Å². The van der Waals surface area contributed by atoms with E-state index in [1.54, 1.807) is 0 Å². The minimum absolute atomic E-state index is 0.180. The van der Waals surface area contributed by atoms with Crippen LogP contribution in [0.3, 0.4) is 0 Å². The van der Waals surface area contributed by atoms with E-state index in [2.05, 4.69) is 6.92 Å². The van der Waals surface area contributed by atoms with Crippen molar-refractivity contribution in [1.29, 1.82) is 0 Å². The highest BCUT2D eigenvalue weighted by molar-refractivity contribution is 5.67. The minimum atomic E-state index is -0.180. The third-order valence-corrected chi connectivity index (χ3v) is 3.12. The largest absolute Gasteiger partial charge is 0.445 e. The van der Waals surface area contributed by atoms with E-state index in [0.717, 1.165) is 32.2 Å². The molecule has 1 aromatic rings. The molecule has 0 radical (unpaired) electrons. The standard InChI is InChI=1S/C14H19NO2.CH4O/c1-12-6-5-9-15(10-12)14(16)17-11-13-7-3-2-4-8-13;1-2/h2-4,7-8,12H,5-6,9-11H2,1H3;2H,1H3. The number of benzene rings is 1. The van der Waals surface area contributed by atoms with Crippen LogP contribution in [-0.2, 0) is 11.3 Å². The summed E-state index contributed by atoms with van der Waals surface area (Å²) in [5, 5.41) is 7.00. The molecule has 0 aliphatic carbocycles. The van der Waals surface area contributed by atoms with Gasteiger partial charge in [0.15, 0.2) is 0 Å². The average molecular weight is 265 g/mol. The van der Waals surface area contributed by atoms with Gasteiger partial charge in [-0.2, -0.15) is 0 Å². The zero-order valence-electron chi connectivity index (χ0n) is 11.7. The molecule has 1 amide bonds. The maximum atomic E-state index is 11.8. The fourth-order valence-electron chi connectivity index (χ4n) is 2.17. The van der Waals surface area contributed by atoms with Crippen LogP contribution >= 0.6 is 0 Å². The lowest BCUT2D eigenvalue weighted by molar-refractivity contribution is 0.0810. The van der Waals surface area contributed by atoms with Gasteiger partial charge in [-0.25, -0.2) is 4.79 Å². The van der Waals surface area contributed by atoms with Crippen LogP contribution in [0.15, 0.2) is 30.3 Å². The van der Waals surface area contributed by atoms with Crippen LogP contribution in [0.5, 0.6) is 0 Å². The highest BCUT2D eigenvalue weighted by Crippen LogP contribution is 2.16. The SMILES string of the molecule is CC1CCCN(C(=O)OCc2ccccc2)C1.CO. The fraction of sp³-hybridized carbons (Fsp3) is 0.533. The summed E-state index contributed by atoms with van der Waals surface area (Å²) in [6.07, 6.45) is 2.12. The molecule has 1 aliphatic rings. The van der Waals surface area contributed by atoms with Crippen molar-refractivity contribution < 1.29 is 14.6 Å². The number of carbonyl (C=O) groups excluding carboxylic acids is 1. The Morgan fingerprint density at radius 1 is 1.37 bits per heavy atom. The van der Waals surface area contributed by atoms with Gasteiger partial charge in [-0.15, -0.1) is 0 Å². The quantitative estimate of drug-likeness (QED) is 0.894. The Balaban J connectivity index is 0.000000861. The van der Waals surface area contributed by atoms with Gasteiger partial charge in [0, 0.05) is 20.2 Å².